The van der Waals surface area contributed by atoms with E-state index in [9.17, 15) is 4.57 Å². The number of hydrogen-bond acceptors (Lipinski definition) is 2. The van der Waals surface area contributed by atoms with E-state index < -0.39 is 0 Å². The van der Waals surface area contributed by atoms with E-state index >= 15 is 0 Å². The molecule has 0 bridgehead atoms. The van der Waals surface area contributed by atoms with E-state index in [1.54, 1.807) is 0 Å². The number of para-hydroxylation sites is 1. The van der Waals surface area contributed by atoms with Crippen LogP contribution in [0.5, 0.6) is 5.75 Å². The molecule has 0 aliphatic rings. The van der Waals surface area contributed by atoms with Crippen LogP contribution in [0.25, 0.3) is 0 Å². The van der Waals surface area contributed by atoms with Crippen LogP contribution in [0.1, 0.15) is 0 Å². The van der Waals surface area contributed by atoms with E-state index in [1.165, 1.54) is 0 Å². The van der Waals surface area contributed by atoms with Crippen molar-refractivity contribution in [2.45, 2.75) is 0 Å². The summed E-state index contributed by atoms with van der Waals surface area (Å²) in [5.74, 6) is 0.755. The van der Waals surface area contributed by atoms with Crippen molar-refractivity contribution in [3.8, 4) is 5.75 Å². The van der Waals surface area contributed by atoms with Gasteiger partial charge >= 0.3 is 0 Å². The molecule has 0 radical (unpaired) electrons. The second-order valence-corrected chi connectivity index (χ2v) is 2.23. The molecule has 0 atom stereocenters. The second kappa shape index (κ2) is 4.02. The number of rotatable bonds is 3. The van der Waals surface area contributed by atoms with Crippen LogP contribution in [-0.2, 0) is 4.57 Å². The topological polar surface area (TPSA) is 26.3 Å². The van der Waals surface area contributed by atoms with Gasteiger partial charge in [-0.25, -0.2) is 0 Å². The first kappa shape index (κ1) is 7.23. The summed E-state index contributed by atoms with van der Waals surface area (Å²) < 4.78 is 15.0. The molecule has 1 aromatic carbocycles. The molecular formula is C7H7O2P. The molecule has 1 aromatic rings. The van der Waals surface area contributed by atoms with Crippen molar-refractivity contribution >= 4 is 8.46 Å². The molecule has 0 saturated heterocycles. The molecule has 2 nitrogen and oxygen atoms in total. The van der Waals surface area contributed by atoms with Gasteiger partial charge in [-0.3, -0.25) is 4.57 Å². The lowest BCUT2D eigenvalue weighted by atomic mass is 10.3. The fourth-order valence-electron chi connectivity index (χ4n) is 0.618. The van der Waals surface area contributed by atoms with Crippen molar-refractivity contribution in [2.75, 3.05) is 6.35 Å². The zero-order valence-corrected chi connectivity index (χ0v) is 6.25. The van der Waals surface area contributed by atoms with Crippen LogP contribution in [-0.4, -0.2) is 6.35 Å². The van der Waals surface area contributed by atoms with E-state index in [1.807, 2.05) is 30.3 Å². The minimum Gasteiger partial charge on any atom is -0.481 e. The molecule has 0 aromatic heterocycles. The van der Waals surface area contributed by atoms with Gasteiger partial charge < -0.3 is 4.74 Å². The molecule has 3 heteroatoms. The molecule has 0 N–H and O–H groups in total. The maximum absolute atomic E-state index is 9.95. The van der Waals surface area contributed by atoms with Gasteiger partial charge in [0.2, 0.25) is 0 Å². The van der Waals surface area contributed by atoms with Gasteiger partial charge in [0, 0.05) is 0 Å². The molecule has 0 amide bonds. The molecule has 10 heavy (non-hydrogen) atoms. The van der Waals surface area contributed by atoms with Gasteiger partial charge in [0.1, 0.15) is 5.75 Å². The highest BCUT2D eigenvalue weighted by atomic mass is 31.1. The molecular weight excluding hydrogens is 147 g/mol. The minimum absolute atomic E-state index is 0.0177. The standard InChI is InChI=1S/C7H7O2P/c8-10-6-9-7-4-2-1-3-5-7/h1-5H,6H2. The van der Waals surface area contributed by atoms with Crippen LogP contribution in [0.15, 0.2) is 30.3 Å². The zero-order chi connectivity index (χ0) is 7.23. The Morgan fingerprint density at radius 3 is 2.60 bits per heavy atom. The number of benzene rings is 1. The lowest BCUT2D eigenvalue weighted by Crippen LogP contribution is -1.87. The third kappa shape index (κ3) is 2.16. The summed E-state index contributed by atoms with van der Waals surface area (Å²) in [6.45, 7) is 0. The van der Waals surface area contributed by atoms with Gasteiger partial charge in [-0.15, -0.1) is 0 Å². The third-order valence-corrected chi connectivity index (χ3v) is 1.26. The highest BCUT2D eigenvalue weighted by Crippen LogP contribution is 2.09. The van der Waals surface area contributed by atoms with E-state index in [-0.39, 0.29) is 14.8 Å². The first-order valence-corrected chi connectivity index (χ1v) is 3.90. The summed E-state index contributed by atoms with van der Waals surface area (Å²) in [5.41, 5.74) is 0. The second-order valence-electron chi connectivity index (χ2n) is 1.72. The van der Waals surface area contributed by atoms with Crippen LogP contribution < -0.4 is 4.74 Å². The van der Waals surface area contributed by atoms with Crippen LogP contribution in [0.2, 0.25) is 0 Å². The summed E-state index contributed by atoms with van der Waals surface area (Å²) in [4.78, 5) is 0. The molecule has 0 fully saturated rings. The Morgan fingerprint density at radius 1 is 1.30 bits per heavy atom. The first-order valence-electron chi connectivity index (χ1n) is 2.90. The Balaban J connectivity index is 2.50. The summed E-state index contributed by atoms with van der Waals surface area (Å²) in [7, 11) is 0.0177. The maximum Gasteiger partial charge on any atom is 0.197 e. The van der Waals surface area contributed by atoms with Crippen molar-refractivity contribution in [3.05, 3.63) is 30.3 Å². The SMILES string of the molecule is O=PCOc1ccccc1. The monoisotopic (exact) mass is 154 g/mol. The first-order chi connectivity index (χ1) is 4.93. The Kier molecular flexibility index (Phi) is 2.91. The Labute approximate surface area is 61.0 Å². The zero-order valence-electron chi connectivity index (χ0n) is 5.36. The average Bonchev–Trinajstić information content (AvgIpc) is 2.03. The molecule has 0 aliphatic carbocycles. The molecule has 1 rings (SSSR count). The van der Waals surface area contributed by atoms with Crippen molar-refractivity contribution in [3.63, 3.8) is 0 Å². The summed E-state index contributed by atoms with van der Waals surface area (Å²) in [5, 5.41) is 0. The molecule has 0 heterocycles. The third-order valence-electron chi connectivity index (χ3n) is 1.03. The highest BCUT2D eigenvalue weighted by Gasteiger charge is 1.87. The van der Waals surface area contributed by atoms with Crippen molar-refractivity contribution in [1.29, 1.82) is 0 Å². The summed E-state index contributed by atoms with van der Waals surface area (Å²) >= 11 is 0. The predicted octanol–water partition coefficient (Wildman–Crippen LogP) is 2.31. The van der Waals surface area contributed by atoms with Gasteiger partial charge in [0.15, 0.2) is 14.8 Å². The molecule has 0 saturated carbocycles. The normalized spacial score (nSPS) is 9.60. The van der Waals surface area contributed by atoms with Gasteiger partial charge in [-0.2, -0.15) is 0 Å². The Hall–Kier alpha value is -0.880. The number of ether oxygens (including phenoxy) is 1. The van der Waals surface area contributed by atoms with Crippen LogP contribution >= 0.6 is 8.46 Å². The van der Waals surface area contributed by atoms with Crippen LogP contribution in [0, 0.1) is 0 Å². The van der Waals surface area contributed by atoms with E-state index in [2.05, 4.69) is 0 Å². The van der Waals surface area contributed by atoms with Crippen molar-refractivity contribution in [1.82, 2.24) is 0 Å². The maximum atomic E-state index is 9.95. The smallest absolute Gasteiger partial charge is 0.197 e. The van der Waals surface area contributed by atoms with Gasteiger partial charge in [0.25, 0.3) is 0 Å². The van der Waals surface area contributed by atoms with Crippen LogP contribution in [0.4, 0.5) is 0 Å². The quantitative estimate of drug-likeness (QED) is 0.624. The van der Waals surface area contributed by atoms with Gasteiger partial charge in [-0.1, -0.05) is 18.2 Å². The van der Waals surface area contributed by atoms with Crippen LogP contribution in [0.3, 0.4) is 0 Å². The fraction of sp³-hybridized carbons (Fsp3) is 0.143. The van der Waals surface area contributed by atoms with Gasteiger partial charge in [0.05, 0.1) is 0 Å². The summed E-state index contributed by atoms with van der Waals surface area (Å²) in [6, 6.07) is 9.30. The Bertz CT molecular complexity index is 198. The lowest BCUT2D eigenvalue weighted by molar-refractivity contribution is 0.384. The summed E-state index contributed by atoms with van der Waals surface area (Å²) in [6.07, 6.45) is 0.226. The lowest BCUT2D eigenvalue weighted by Gasteiger charge is -1.97. The molecule has 0 aliphatic heterocycles. The highest BCUT2D eigenvalue weighted by molar-refractivity contribution is 7.23. The van der Waals surface area contributed by atoms with E-state index in [0.717, 1.165) is 5.75 Å². The van der Waals surface area contributed by atoms with E-state index in [4.69, 9.17) is 4.74 Å². The predicted molar refractivity (Wildman–Crippen MR) is 39.5 cm³/mol. The molecule has 0 spiro atoms. The largest absolute Gasteiger partial charge is 0.481 e. The van der Waals surface area contributed by atoms with Crippen molar-refractivity contribution in [2.24, 2.45) is 0 Å². The van der Waals surface area contributed by atoms with E-state index in [0.29, 0.717) is 0 Å². The molecule has 0 unspecified atom stereocenters. The number of hydrogen-bond donors (Lipinski definition) is 0. The molecule has 52 valence electrons. The van der Waals surface area contributed by atoms with Crippen molar-refractivity contribution < 1.29 is 9.30 Å². The average molecular weight is 154 g/mol. The van der Waals surface area contributed by atoms with Gasteiger partial charge in [-0.05, 0) is 12.1 Å². The fourth-order valence-corrected chi connectivity index (χ4v) is 0.819. The minimum atomic E-state index is 0.0177. The Morgan fingerprint density at radius 2 is 2.00 bits per heavy atom.